The molecule has 5 nitrogen and oxygen atoms in total. The molecule has 1 saturated heterocycles. The number of carbonyl (C=O) groups is 1. The number of hydrogen-bond donors (Lipinski definition) is 1. The number of piperidine rings is 1. The van der Waals surface area contributed by atoms with Crippen molar-refractivity contribution in [1.29, 1.82) is 0 Å². The van der Waals surface area contributed by atoms with E-state index in [4.69, 9.17) is 4.98 Å². The summed E-state index contributed by atoms with van der Waals surface area (Å²) in [7, 11) is 0. The van der Waals surface area contributed by atoms with Crippen LogP contribution in [0.5, 0.6) is 0 Å². The Hall–Kier alpha value is -1.76. The Kier molecular flexibility index (Phi) is 6.86. The quantitative estimate of drug-likeness (QED) is 0.676. The zero-order chi connectivity index (χ0) is 21.0. The average molecular weight is 428 g/mol. The van der Waals surface area contributed by atoms with Gasteiger partial charge in [0.2, 0.25) is 5.91 Å². The Morgan fingerprint density at radius 3 is 2.70 bits per heavy atom. The summed E-state index contributed by atoms with van der Waals surface area (Å²) in [4.78, 5) is 21.5. The molecule has 0 radical (unpaired) electrons. The van der Waals surface area contributed by atoms with Crippen LogP contribution in [0.3, 0.4) is 0 Å². The first-order chi connectivity index (χ1) is 14.6. The van der Waals surface area contributed by atoms with Gasteiger partial charge in [-0.1, -0.05) is 44.0 Å². The monoisotopic (exact) mass is 427 g/mol. The predicted octanol–water partition coefficient (Wildman–Crippen LogP) is 4.09. The number of aromatic nitrogens is 1. The number of thiazole rings is 1. The lowest BCUT2D eigenvalue weighted by molar-refractivity contribution is -0.136. The summed E-state index contributed by atoms with van der Waals surface area (Å²) in [5.74, 6) is 0.231. The first kappa shape index (κ1) is 21.5. The van der Waals surface area contributed by atoms with Gasteiger partial charge in [-0.3, -0.25) is 9.69 Å². The molecule has 1 aromatic heterocycles. The van der Waals surface area contributed by atoms with Crippen molar-refractivity contribution >= 4 is 17.2 Å². The molecule has 4 rings (SSSR count). The second-order valence-corrected chi connectivity index (χ2v) is 9.67. The molecule has 0 atom stereocenters. The van der Waals surface area contributed by atoms with Gasteiger partial charge in [-0.15, -0.1) is 11.3 Å². The van der Waals surface area contributed by atoms with E-state index in [2.05, 4.69) is 36.1 Å². The van der Waals surface area contributed by atoms with Crippen molar-refractivity contribution in [1.82, 2.24) is 14.8 Å². The number of likely N-dealkylation sites (tertiary alicyclic amines) is 1. The number of aliphatic hydroxyl groups is 1. The highest BCUT2D eigenvalue weighted by molar-refractivity contribution is 7.09. The number of carbonyl (C=O) groups excluding carboxylic acids is 1. The van der Waals surface area contributed by atoms with Crippen LogP contribution in [0.2, 0.25) is 0 Å². The van der Waals surface area contributed by atoms with E-state index < -0.39 is 5.60 Å². The van der Waals surface area contributed by atoms with Gasteiger partial charge in [0, 0.05) is 38.0 Å². The molecule has 6 heteroatoms. The largest absolute Gasteiger partial charge is 0.383 e. The molecule has 0 unspecified atom stereocenters. The van der Waals surface area contributed by atoms with Crippen LogP contribution in [0.15, 0.2) is 29.6 Å². The lowest BCUT2D eigenvalue weighted by Crippen LogP contribution is -2.45. The van der Waals surface area contributed by atoms with Crippen LogP contribution in [0.4, 0.5) is 0 Å². The normalized spacial score (nSPS) is 18.9. The maximum atomic E-state index is 12.4. The maximum Gasteiger partial charge on any atom is 0.222 e. The summed E-state index contributed by atoms with van der Waals surface area (Å²) in [5, 5.41) is 14.3. The van der Waals surface area contributed by atoms with Gasteiger partial charge in [0.05, 0.1) is 12.2 Å². The van der Waals surface area contributed by atoms with Crippen molar-refractivity contribution in [3.05, 3.63) is 51.5 Å². The standard InChI is InChI=1S/C24H33N3O2S/c1-2-3-4-9-23(28)27-14-11-24(29,12-15-27)21-18-30-22(25-21)17-26-13-10-19-7-5-6-8-20(19)16-26/h5-8,18,29H,2-4,9-17H2,1H3. The van der Waals surface area contributed by atoms with Crippen LogP contribution < -0.4 is 0 Å². The van der Waals surface area contributed by atoms with E-state index in [1.807, 2.05) is 10.3 Å². The summed E-state index contributed by atoms with van der Waals surface area (Å²) < 4.78 is 0. The molecule has 0 spiro atoms. The Labute approximate surface area is 183 Å². The highest BCUT2D eigenvalue weighted by atomic mass is 32.1. The fourth-order valence-corrected chi connectivity index (χ4v) is 5.47. The third-order valence-electron chi connectivity index (χ3n) is 6.53. The molecule has 0 saturated carbocycles. The lowest BCUT2D eigenvalue weighted by atomic mass is 9.88. The summed E-state index contributed by atoms with van der Waals surface area (Å²) in [6, 6.07) is 8.67. The van der Waals surface area contributed by atoms with Crippen LogP contribution in [-0.2, 0) is 29.9 Å². The van der Waals surface area contributed by atoms with Crippen LogP contribution in [-0.4, -0.2) is 45.4 Å². The smallest absolute Gasteiger partial charge is 0.222 e. The van der Waals surface area contributed by atoms with Gasteiger partial charge in [0.15, 0.2) is 0 Å². The van der Waals surface area contributed by atoms with E-state index in [0.29, 0.717) is 32.4 Å². The highest BCUT2D eigenvalue weighted by Gasteiger charge is 2.37. The summed E-state index contributed by atoms with van der Waals surface area (Å²) >= 11 is 1.64. The van der Waals surface area contributed by atoms with Crippen LogP contribution in [0.25, 0.3) is 0 Å². The summed E-state index contributed by atoms with van der Waals surface area (Å²) in [6.45, 7) is 6.24. The molecule has 1 amide bonds. The van der Waals surface area contributed by atoms with Gasteiger partial charge < -0.3 is 10.0 Å². The number of hydrogen-bond acceptors (Lipinski definition) is 5. The number of amides is 1. The summed E-state index contributed by atoms with van der Waals surface area (Å²) in [5.41, 5.74) is 2.76. The molecule has 0 aliphatic carbocycles. The van der Waals surface area contributed by atoms with Crippen LogP contribution in [0.1, 0.15) is 67.3 Å². The second kappa shape index (κ2) is 9.58. The summed E-state index contributed by atoms with van der Waals surface area (Å²) in [6.07, 6.45) is 6.06. The molecule has 2 aromatic rings. The van der Waals surface area contributed by atoms with E-state index in [9.17, 15) is 9.90 Å². The number of nitrogens with zero attached hydrogens (tertiary/aromatic N) is 3. The molecule has 1 fully saturated rings. The minimum absolute atomic E-state index is 0.231. The minimum atomic E-state index is -0.899. The van der Waals surface area contributed by atoms with Gasteiger partial charge in [-0.05, 0) is 36.8 Å². The van der Waals surface area contributed by atoms with Crippen molar-refractivity contribution in [2.75, 3.05) is 19.6 Å². The topological polar surface area (TPSA) is 56.7 Å². The van der Waals surface area contributed by atoms with Crippen molar-refractivity contribution < 1.29 is 9.90 Å². The Balaban J connectivity index is 1.31. The lowest BCUT2D eigenvalue weighted by Gasteiger charge is -2.37. The molecule has 3 heterocycles. The molecule has 30 heavy (non-hydrogen) atoms. The molecule has 1 N–H and O–H groups in total. The van der Waals surface area contributed by atoms with Crippen molar-refractivity contribution in [2.45, 2.75) is 70.6 Å². The molecule has 162 valence electrons. The molecular formula is C24H33N3O2S. The van der Waals surface area contributed by atoms with Crippen molar-refractivity contribution in [3.63, 3.8) is 0 Å². The predicted molar refractivity (Wildman–Crippen MR) is 120 cm³/mol. The first-order valence-corrected chi connectivity index (χ1v) is 12.2. The van der Waals surface area contributed by atoms with Crippen LogP contribution in [0, 0.1) is 0 Å². The van der Waals surface area contributed by atoms with E-state index >= 15 is 0 Å². The highest BCUT2D eigenvalue weighted by Crippen LogP contribution is 2.34. The fourth-order valence-electron chi connectivity index (χ4n) is 4.54. The molecule has 2 aliphatic rings. The third-order valence-corrected chi connectivity index (χ3v) is 7.37. The number of benzene rings is 1. The first-order valence-electron chi connectivity index (χ1n) is 11.3. The molecular weight excluding hydrogens is 394 g/mol. The number of fused-ring (bicyclic) bond motifs is 1. The van der Waals surface area contributed by atoms with E-state index in [-0.39, 0.29) is 5.91 Å². The van der Waals surface area contributed by atoms with Crippen LogP contribution >= 0.6 is 11.3 Å². The molecule has 2 aliphatic heterocycles. The Morgan fingerprint density at radius 1 is 1.17 bits per heavy atom. The van der Waals surface area contributed by atoms with Gasteiger partial charge >= 0.3 is 0 Å². The number of rotatable bonds is 7. The Bertz CT molecular complexity index is 858. The van der Waals surface area contributed by atoms with Crippen molar-refractivity contribution in [3.8, 4) is 0 Å². The minimum Gasteiger partial charge on any atom is -0.383 e. The Morgan fingerprint density at radius 2 is 1.93 bits per heavy atom. The van der Waals surface area contributed by atoms with E-state index in [1.165, 1.54) is 11.1 Å². The van der Waals surface area contributed by atoms with Gasteiger partial charge in [-0.25, -0.2) is 4.98 Å². The SMILES string of the molecule is CCCCCC(=O)N1CCC(O)(c2csc(CN3CCc4ccccc4C3)n2)CC1. The van der Waals surface area contributed by atoms with Crippen molar-refractivity contribution in [2.24, 2.45) is 0 Å². The average Bonchev–Trinajstić information content (AvgIpc) is 3.24. The number of unbranched alkanes of at least 4 members (excludes halogenated alkanes) is 2. The zero-order valence-electron chi connectivity index (χ0n) is 18.0. The second-order valence-electron chi connectivity index (χ2n) is 8.73. The van der Waals surface area contributed by atoms with Gasteiger partial charge in [0.25, 0.3) is 0 Å². The molecule has 1 aromatic carbocycles. The maximum absolute atomic E-state index is 12.4. The van der Waals surface area contributed by atoms with E-state index in [0.717, 1.165) is 56.0 Å². The third kappa shape index (κ3) is 4.93. The van der Waals surface area contributed by atoms with E-state index in [1.54, 1.807) is 11.3 Å². The fraction of sp³-hybridized carbons (Fsp3) is 0.583. The van der Waals surface area contributed by atoms with Gasteiger partial charge in [-0.2, -0.15) is 0 Å². The zero-order valence-corrected chi connectivity index (χ0v) is 18.8. The van der Waals surface area contributed by atoms with Gasteiger partial charge in [0.1, 0.15) is 10.6 Å². The molecule has 0 bridgehead atoms.